The summed E-state index contributed by atoms with van der Waals surface area (Å²) in [5, 5.41) is 8.69. The van der Waals surface area contributed by atoms with Crippen LogP contribution in [0, 0.1) is 19.8 Å². The van der Waals surface area contributed by atoms with Gasteiger partial charge in [-0.1, -0.05) is 18.2 Å². The fraction of sp³-hybridized carbons (Fsp3) is 0.500. The number of carboxylic acids is 1. The summed E-state index contributed by atoms with van der Waals surface area (Å²) in [5.74, 6) is -0.335. The zero-order valence-electron chi connectivity index (χ0n) is 10.4. The molecular weight excluding hydrogens is 214 g/mol. The topological polar surface area (TPSA) is 40.5 Å². The molecule has 1 heterocycles. The Kier molecular flexibility index (Phi) is 3.48. The Morgan fingerprint density at radius 3 is 2.47 bits per heavy atom. The lowest BCUT2D eigenvalue weighted by atomic mass is 9.94. The molecule has 0 bridgehead atoms. The van der Waals surface area contributed by atoms with Crippen LogP contribution >= 0.6 is 0 Å². The predicted molar refractivity (Wildman–Crippen MR) is 66.9 cm³/mol. The van der Waals surface area contributed by atoms with Gasteiger partial charge in [-0.15, -0.1) is 0 Å². The van der Waals surface area contributed by atoms with E-state index in [1.165, 1.54) is 16.7 Å². The normalized spacial score (nSPS) is 16.8. The van der Waals surface area contributed by atoms with Crippen molar-refractivity contribution in [3.63, 3.8) is 0 Å². The minimum Gasteiger partial charge on any atom is -0.481 e. The van der Waals surface area contributed by atoms with E-state index >= 15 is 0 Å². The van der Waals surface area contributed by atoms with Gasteiger partial charge in [-0.25, -0.2) is 0 Å². The van der Waals surface area contributed by atoms with Crippen LogP contribution in [-0.2, 0) is 11.3 Å². The van der Waals surface area contributed by atoms with E-state index in [-0.39, 0.29) is 0 Å². The highest BCUT2D eigenvalue weighted by Crippen LogP contribution is 2.24. The molecular formula is C14H19NO2. The van der Waals surface area contributed by atoms with E-state index in [1.807, 2.05) is 0 Å². The van der Waals surface area contributed by atoms with Crippen LogP contribution in [0.25, 0.3) is 0 Å². The molecule has 3 heteroatoms. The average molecular weight is 233 g/mol. The van der Waals surface area contributed by atoms with Crippen LogP contribution in [0.4, 0.5) is 0 Å². The second kappa shape index (κ2) is 4.88. The van der Waals surface area contributed by atoms with Crippen molar-refractivity contribution in [2.45, 2.75) is 26.8 Å². The first-order valence-corrected chi connectivity index (χ1v) is 6.05. The van der Waals surface area contributed by atoms with Gasteiger partial charge in [-0.2, -0.15) is 0 Å². The highest BCUT2D eigenvalue weighted by molar-refractivity contribution is 5.67. The molecule has 0 spiro atoms. The smallest absolute Gasteiger partial charge is 0.303 e. The van der Waals surface area contributed by atoms with Crippen molar-refractivity contribution < 1.29 is 9.90 Å². The van der Waals surface area contributed by atoms with Crippen molar-refractivity contribution in [2.24, 2.45) is 5.92 Å². The molecule has 1 aliphatic rings. The average Bonchev–Trinajstić information content (AvgIpc) is 2.18. The van der Waals surface area contributed by atoms with Crippen molar-refractivity contribution in [2.75, 3.05) is 13.1 Å². The molecule has 17 heavy (non-hydrogen) atoms. The molecule has 1 aliphatic heterocycles. The minimum atomic E-state index is -0.679. The Bertz CT molecular complexity index is 402. The van der Waals surface area contributed by atoms with Gasteiger partial charge >= 0.3 is 5.97 Å². The van der Waals surface area contributed by atoms with Gasteiger partial charge in [0.05, 0.1) is 6.42 Å². The van der Waals surface area contributed by atoms with Gasteiger partial charge in [0.15, 0.2) is 0 Å². The number of hydrogen-bond donors (Lipinski definition) is 1. The fourth-order valence-corrected chi connectivity index (χ4v) is 2.50. The van der Waals surface area contributed by atoms with E-state index in [9.17, 15) is 4.79 Å². The number of hydrogen-bond acceptors (Lipinski definition) is 2. The summed E-state index contributed by atoms with van der Waals surface area (Å²) < 4.78 is 0. The van der Waals surface area contributed by atoms with Crippen molar-refractivity contribution in [1.29, 1.82) is 0 Å². The first kappa shape index (κ1) is 12.1. The summed E-state index contributed by atoms with van der Waals surface area (Å²) in [7, 11) is 0. The Morgan fingerprint density at radius 2 is 1.94 bits per heavy atom. The first-order chi connectivity index (χ1) is 8.06. The number of aryl methyl sites for hydroxylation is 2. The lowest BCUT2D eigenvalue weighted by Gasteiger charge is -2.39. The summed E-state index contributed by atoms with van der Waals surface area (Å²) >= 11 is 0. The molecule has 1 N–H and O–H groups in total. The van der Waals surface area contributed by atoms with Crippen LogP contribution in [0.2, 0.25) is 0 Å². The second-order valence-electron chi connectivity index (χ2n) is 5.03. The van der Waals surface area contributed by atoms with Gasteiger partial charge in [0.25, 0.3) is 0 Å². The van der Waals surface area contributed by atoms with Crippen LogP contribution < -0.4 is 0 Å². The number of carboxylic acid groups (broad SMARTS) is 1. The quantitative estimate of drug-likeness (QED) is 0.866. The molecule has 0 aromatic heterocycles. The molecule has 0 aliphatic carbocycles. The van der Waals surface area contributed by atoms with E-state index in [1.54, 1.807) is 0 Å². The molecule has 1 fully saturated rings. The molecule has 0 saturated carbocycles. The highest BCUT2D eigenvalue weighted by Gasteiger charge is 2.28. The van der Waals surface area contributed by atoms with Crippen LogP contribution in [0.5, 0.6) is 0 Å². The van der Waals surface area contributed by atoms with Gasteiger partial charge in [0, 0.05) is 19.6 Å². The Labute approximate surface area is 102 Å². The lowest BCUT2D eigenvalue weighted by Crippen LogP contribution is -2.46. The van der Waals surface area contributed by atoms with Crippen molar-refractivity contribution in [1.82, 2.24) is 4.90 Å². The van der Waals surface area contributed by atoms with Crippen molar-refractivity contribution >= 4 is 5.97 Å². The monoisotopic (exact) mass is 233 g/mol. The van der Waals surface area contributed by atoms with E-state index in [2.05, 4.69) is 36.9 Å². The van der Waals surface area contributed by atoms with E-state index < -0.39 is 5.97 Å². The van der Waals surface area contributed by atoms with Crippen LogP contribution in [0.1, 0.15) is 23.1 Å². The highest BCUT2D eigenvalue weighted by atomic mass is 16.4. The third-order valence-corrected chi connectivity index (χ3v) is 3.52. The lowest BCUT2D eigenvalue weighted by molar-refractivity contribution is -0.139. The van der Waals surface area contributed by atoms with Gasteiger partial charge in [0.1, 0.15) is 0 Å². The van der Waals surface area contributed by atoms with Crippen LogP contribution in [0.3, 0.4) is 0 Å². The second-order valence-corrected chi connectivity index (χ2v) is 5.03. The zero-order chi connectivity index (χ0) is 12.4. The molecule has 3 nitrogen and oxygen atoms in total. The SMILES string of the molecule is Cc1cccc(C)c1CN1CC(CC(=O)O)C1. The van der Waals surface area contributed by atoms with E-state index in [0.717, 1.165) is 19.6 Å². The molecule has 0 radical (unpaired) electrons. The van der Waals surface area contributed by atoms with Crippen LogP contribution in [-0.4, -0.2) is 29.1 Å². The summed E-state index contributed by atoms with van der Waals surface area (Å²) in [6.07, 6.45) is 0.309. The van der Waals surface area contributed by atoms with Gasteiger partial charge in [-0.05, 0) is 36.5 Å². The maximum absolute atomic E-state index is 10.6. The van der Waals surface area contributed by atoms with Crippen molar-refractivity contribution in [3.05, 3.63) is 34.9 Å². The number of rotatable bonds is 4. The van der Waals surface area contributed by atoms with Gasteiger partial charge in [-0.3, -0.25) is 9.69 Å². The van der Waals surface area contributed by atoms with Gasteiger partial charge < -0.3 is 5.11 Å². The number of benzene rings is 1. The molecule has 1 saturated heterocycles. The molecule has 1 aromatic carbocycles. The molecule has 92 valence electrons. The third kappa shape index (κ3) is 2.86. The minimum absolute atomic E-state index is 0.309. The van der Waals surface area contributed by atoms with E-state index in [0.29, 0.717) is 12.3 Å². The molecule has 0 atom stereocenters. The Balaban J connectivity index is 1.90. The predicted octanol–water partition coefficient (Wildman–Crippen LogP) is 2.21. The third-order valence-electron chi connectivity index (χ3n) is 3.52. The standard InChI is InChI=1S/C14H19NO2/c1-10-4-3-5-11(2)13(10)9-15-7-12(8-15)6-14(16)17/h3-5,12H,6-9H2,1-2H3,(H,16,17). The Hall–Kier alpha value is -1.35. The maximum atomic E-state index is 10.6. The van der Waals surface area contributed by atoms with Gasteiger partial charge in [0.2, 0.25) is 0 Å². The maximum Gasteiger partial charge on any atom is 0.303 e. The van der Waals surface area contributed by atoms with Crippen molar-refractivity contribution in [3.8, 4) is 0 Å². The molecule has 0 unspecified atom stereocenters. The fourth-order valence-electron chi connectivity index (χ4n) is 2.50. The Morgan fingerprint density at radius 1 is 1.35 bits per heavy atom. The summed E-state index contributed by atoms with van der Waals surface area (Å²) in [6, 6.07) is 6.35. The summed E-state index contributed by atoms with van der Waals surface area (Å²) in [5.41, 5.74) is 4.04. The molecule has 2 rings (SSSR count). The zero-order valence-corrected chi connectivity index (χ0v) is 10.4. The first-order valence-electron chi connectivity index (χ1n) is 6.05. The summed E-state index contributed by atoms with van der Waals surface area (Å²) in [4.78, 5) is 12.9. The summed E-state index contributed by atoms with van der Waals surface area (Å²) in [6.45, 7) is 7.06. The number of aliphatic carboxylic acids is 1. The number of likely N-dealkylation sites (tertiary alicyclic amines) is 1. The van der Waals surface area contributed by atoms with Crippen LogP contribution in [0.15, 0.2) is 18.2 Å². The van der Waals surface area contributed by atoms with E-state index in [4.69, 9.17) is 5.11 Å². The number of nitrogens with zero attached hydrogens (tertiary/aromatic N) is 1. The molecule has 0 amide bonds. The largest absolute Gasteiger partial charge is 0.481 e. The number of carbonyl (C=O) groups is 1. The molecule has 1 aromatic rings.